The van der Waals surface area contributed by atoms with Gasteiger partial charge in [-0.25, -0.2) is 0 Å². The maximum Gasteiger partial charge on any atom is 0.311 e. The number of aromatic amines is 1. The second-order valence-electron chi connectivity index (χ2n) is 6.91. The molecule has 128 valence electrons. The number of carbonyl (C=O) groups is 2. The Kier molecular flexibility index (Phi) is 4.60. The van der Waals surface area contributed by atoms with Crippen LogP contribution in [0.1, 0.15) is 56.1 Å². The van der Waals surface area contributed by atoms with Crippen molar-refractivity contribution in [2.75, 3.05) is 5.32 Å². The number of rotatable bonds is 5. The van der Waals surface area contributed by atoms with E-state index in [1.807, 2.05) is 25.3 Å². The van der Waals surface area contributed by atoms with Crippen LogP contribution in [0.5, 0.6) is 0 Å². The van der Waals surface area contributed by atoms with Crippen LogP contribution in [-0.4, -0.2) is 22.0 Å². The Labute approximate surface area is 141 Å². The van der Waals surface area contributed by atoms with Crippen LogP contribution in [0, 0.1) is 12.8 Å². The van der Waals surface area contributed by atoms with Gasteiger partial charge in [0.15, 0.2) is 0 Å². The molecule has 5 heteroatoms. The van der Waals surface area contributed by atoms with E-state index in [9.17, 15) is 14.7 Å². The van der Waals surface area contributed by atoms with Gasteiger partial charge < -0.3 is 15.4 Å². The van der Waals surface area contributed by atoms with Crippen LogP contribution in [0.15, 0.2) is 18.3 Å². The molecule has 1 saturated carbocycles. The van der Waals surface area contributed by atoms with Gasteiger partial charge in [0.05, 0.1) is 5.92 Å². The Morgan fingerprint density at radius 2 is 2.04 bits per heavy atom. The van der Waals surface area contributed by atoms with Crippen molar-refractivity contribution < 1.29 is 14.7 Å². The van der Waals surface area contributed by atoms with Gasteiger partial charge >= 0.3 is 5.97 Å². The molecule has 24 heavy (non-hydrogen) atoms. The summed E-state index contributed by atoms with van der Waals surface area (Å²) >= 11 is 0. The number of anilines is 1. The quantitative estimate of drug-likeness (QED) is 0.770. The van der Waals surface area contributed by atoms with E-state index in [0.29, 0.717) is 12.3 Å². The molecule has 3 N–H and O–H groups in total. The fraction of sp³-hybridized carbons (Fsp3) is 0.474. The monoisotopic (exact) mass is 328 g/mol. The van der Waals surface area contributed by atoms with E-state index in [2.05, 4.69) is 10.3 Å². The van der Waals surface area contributed by atoms with E-state index >= 15 is 0 Å². The number of benzene rings is 1. The molecule has 0 saturated heterocycles. The number of aromatic nitrogens is 1. The number of nitrogens with one attached hydrogen (secondary N) is 2. The highest BCUT2D eigenvalue weighted by molar-refractivity contribution is 5.96. The van der Waals surface area contributed by atoms with E-state index in [0.717, 1.165) is 40.6 Å². The van der Waals surface area contributed by atoms with E-state index < -0.39 is 11.9 Å². The summed E-state index contributed by atoms with van der Waals surface area (Å²) in [5.41, 5.74) is 3.40. The Balaban J connectivity index is 1.96. The minimum atomic E-state index is -0.758. The summed E-state index contributed by atoms with van der Waals surface area (Å²) in [6, 6.07) is 3.85. The molecule has 1 heterocycles. The first-order valence-electron chi connectivity index (χ1n) is 8.57. The molecular formula is C19H24N2O3. The van der Waals surface area contributed by atoms with Gasteiger partial charge in [-0.2, -0.15) is 0 Å². The molecule has 1 aromatic heterocycles. The highest BCUT2D eigenvalue weighted by Gasteiger charge is 2.28. The summed E-state index contributed by atoms with van der Waals surface area (Å²) < 4.78 is 0. The number of carboxylic acid groups (broad SMARTS) is 1. The van der Waals surface area contributed by atoms with Crippen molar-refractivity contribution in [3.05, 3.63) is 29.5 Å². The molecular weight excluding hydrogens is 304 g/mol. The number of carboxylic acids is 1. The summed E-state index contributed by atoms with van der Waals surface area (Å²) in [6.07, 6.45) is 7.22. The van der Waals surface area contributed by atoms with E-state index in [-0.39, 0.29) is 5.91 Å². The second-order valence-corrected chi connectivity index (χ2v) is 6.91. The van der Waals surface area contributed by atoms with Crippen molar-refractivity contribution in [3.8, 4) is 0 Å². The zero-order valence-electron chi connectivity index (χ0n) is 14.2. The molecule has 5 nitrogen and oxygen atoms in total. The molecule has 1 fully saturated rings. The third-order valence-corrected chi connectivity index (χ3v) is 5.09. The molecule has 2 aromatic rings. The number of carbonyl (C=O) groups excluding carboxylic acids is 1. The molecule has 0 radical (unpaired) electrons. The Bertz CT molecular complexity index is 772. The first kappa shape index (κ1) is 16.6. The number of aryl methyl sites for hydroxylation is 1. The third-order valence-electron chi connectivity index (χ3n) is 5.09. The third kappa shape index (κ3) is 3.30. The topological polar surface area (TPSA) is 82.2 Å². The molecule has 0 bridgehead atoms. The van der Waals surface area contributed by atoms with Crippen molar-refractivity contribution in [3.63, 3.8) is 0 Å². The molecule has 1 amide bonds. The summed E-state index contributed by atoms with van der Waals surface area (Å²) in [5.74, 6) is -0.844. The lowest BCUT2D eigenvalue weighted by Gasteiger charge is -2.17. The lowest BCUT2D eigenvalue weighted by molar-refractivity contribution is -0.139. The normalized spacial score (nSPS) is 16.4. The van der Waals surface area contributed by atoms with Gasteiger partial charge in [-0.05, 0) is 42.5 Å². The number of hydrogen-bond donors (Lipinski definition) is 3. The van der Waals surface area contributed by atoms with Crippen LogP contribution in [-0.2, 0) is 9.59 Å². The summed E-state index contributed by atoms with van der Waals surface area (Å²) in [7, 11) is 0. The predicted molar refractivity (Wildman–Crippen MR) is 94.3 cm³/mol. The maximum absolute atomic E-state index is 11.9. The minimum absolute atomic E-state index is 0.117. The lowest BCUT2D eigenvalue weighted by Crippen LogP contribution is -2.15. The zero-order chi connectivity index (χ0) is 17.3. The number of H-pyrrole nitrogens is 1. The Hall–Kier alpha value is -2.30. The SMILES string of the molecule is CC(=O)Nc1cc2[nH]cc(C(CC3CCCC3)C(=O)O)c2cc1C. The average Bonchev–Trinajstić information content (AvgIpc) is 3.14. The van der Waals surface area contributed by atoms with Crippen molar-refractivity contribution in [1.29, 1.82) is 0 Å². The van der Waals surface area contributed by atoms with Gasteiger partial charge in [0.2, 0.25) is 5.91 Å². The fourth-order valence-electron chi connectivity index (χ4n) is 3.85. The van der Waals surface area contributed by atoms with Gasteiger partial charge in [0, 0.05) is 29.7 Å². The molecule has 0 spiro atoms. The predicted octanol–water partition coefficient (Wildman–Crippen LogP) is 4.18. The lowest BCUT2D eigenvalue weighted by atomic mass is 9.87. The summed E-state index contributed by atoms with van der Waals surface area (Å²) in [5, 5.41) is 13.5. The molecule has 1 unspecified atom stereocenters. The van der Waals surface area contributed by atoms with Crippen LogP contribution >= 0.6 is 0 Å². The van der Waals surface area contributed by atoms with Crippen LogP contribution in [0.2, 0.25) is 0 Å². The van der Waals surface area contributed by atoms with Crippen LogP contribution in [0.3, 0.4) is 0 Å². The van der Waals surface area contributed by atoms with Gasteiger partial charge in [-0.1, -0.05) is 25.7 Å². The molecule has 1 aromatic carbocycles. The molecule has 1 aliphatic carbocycles. The fourth-order valence-corrected chi connectivity index (χ4v) is 3.85. The molecule has 0 aliphatic heterocycles. The Morgan fingerprint density at radius 3 is 2.67 bits per heavy atom. The maximum atomic E-state index is 11.9. The second kappa shape index (κ2) is 6.67. The summed E-state index contributed by atoms with van der Waals surface area (Å²) in [6.45, 7) is 3.40. The minimum Gasteiger partial charge on any atom is -0.481 e. The van der Waals surface area contributed by atoms with Crippen molar-refractivity contribution in [1.82, 2.24) is 4.98 Å². The molecule has 3 rings (SSSR count). The smallest absolute Gasteiger partial charge is 0.311 e. The number of fused-ring (bicyclic) bond motifs is 1. The summed E-state index contributed by atoms with van der Waals surface area (Å²) in [4.78, 5) is 26.3. The highest BCUT2D eigenvalue weighted by Crippen LogP contribution is 2.37. The number of aliphatic carboxylic acids is 1. The first-order chi connectivity index (χ1) is 11.5. The van der Waals surface area contributed by atoms with Gasteiger partial charge in [0.1, 0.15) is 0 Å². The highest BCUT2D eigenvalue weighted by atomic mass is 16.4. The zero-order valence-corrected chi connectivity index (χ0v) is 14.2. The van der Waals surface area contributed by atoms with Gasteiger partial charge in [0.25, 0.3) is 0 Å². The van der Waals surface area contributed by atoms with E-state index in [1.165, 1.54) is 19.8 Å². The van der Waals surface area contributed by atoms with Crippen molar-refractivity contribution in [2.45, 2.75) is 51.9 Å². The average molecular weight is 328 g/mol. The van der Waals surface area contributed by atoms with Crippen LogP contribution in [0.4, 0.5) is 5.69 Å². The molecule has 1 aliphatic rings. The number of hydrogen-bond acceptors (Lipinski definition) is 2. The van der Waals surface area contributed by atoms with Crippen molar-refractivity contribution >= 4 is 28.5 Å². The van der Waals surface area contributed by atoms with Crippen molar-refractivity contribution in [2.24, 2.45) is 5.92 Å². The van der Waals surface area contributed by atoms with Gasteiger partial charge in [-0.3, -0.25) is 9.59 Å². The Morgan fingerprint density at radius 1 is 1.33 bits per heavy atom. The first-order valence-corrected chi connectivity index (χ1v) is 8.57. The van der Waals surface area contributed by atoms with E-state index in [1.54, 1.807) is 0 Å². The largest absolute Gasteiger partial charge is 0.481 e. The van der Waals surface area contributed by atoms with Crippen LogP contribution < -0.4 is 5.32 Å². The standard InChI is InChI=1S/C19H24N2O3/c1-11-7-14-16(10-20-18(14)9-17(11)21-12(2)22)15(19(23)24)8-13-5-3-4-6-13/h7,9-10,13,15,20H,3-6,8H2,1-2H3,(H,21,22)(H,23,24). The van der Waals surface area contributed by atoms with Gasteiger partial charge in [-0.15, -0.1) is 0 Å². The number of amides is 1. The molecule has 1 atom stereocenters. The van der Waals surface area contributed by atoms with Crippen LogP contribution in [0.25, 0.3) is 10.9 Å². The van der Waals surface area contributed by atoms with E-state index in [4.69, 9.17) is 0 Å².